The van der Waals surface area contributed by atoms with Crippen molar-refractivity contribution in [1.29, 1.82) is 0 Å². The third-order valence-electron chi connectivity index (χ3n) is 3.69. The molecule has 1 aliphatic rings. The molecule has 0 amide bonds. The molecule has 88 valence electrons. The molecule has 3 rings (SSSR count). The topological polar surface area (TPSA) is 17.1 Å². The highest BCUT2D eigenvalue weighted by Crippen LogP contribution is 2.35. The fourth-order valence-corrected chi connectivity index (χ4v) is 3.75. The lowest BCUT2D eigenvalue weighted by atomic mass is 9.90. The van der Waals surface area contributed by atoms with E-state index in [1.54, 1.807) is 11.3 Å². The van der Waals surface area contributed by atoms with Crippen molar-refractivity contribution < 1.29 is 4.79 Å². The van der Waals surface area contributed by atoms with Gasteiger partial charge in [0.2, 0.25) is 0 Å². The van der Waals surface area contributed by atoms with E-state index in [9.17, 15) is 4.79 Å². The number of thiophene rings is 1. The summed E-state index contributed by atoms with van der Waals surface area (Å²) in [6, 6.07) is 8.51. The first-order chi connectivity index (χ1) is 8.36. The Hall–Kier alpha value is -1.15. The minimum atomic E-state index is 0.153. The standard InChI is InChI=1S/C15H16OS/c16-14-8-3-1-2-6-12(14)13-7-4-5-11-9-10-17-15(11)13/h4-5,7,9-10,12H,1-3,6,8H2. The van der Waals surface area contributed by atoms with E-state index in [1.165, 1.54) is 28.5 Å². The van der Waals surface area contributed by atoms with E-state index in [-0.39, 0.29) is 5.92 Å². The number of carbonyl (C=O) groups excluding carboxylic acids is 1. The summed E-state index contributed by atoms with van der Waals surface area (Å²) >= 11 is 1.76. The average Bonchev–Trinajstić information content (AvgIpc) is 2.72. The van der Waals surface area contributed by atoms with Crippen molar-refractivity contribution in [2.45, 2.75) is 38.0 Å². The van der Waals surface area contributed by atoms with Crippen LogP contribution >= 0.6 is 11.3 Å². The first-order valence-corrected chi connectivity index (χ1v) is 7.23. The molecule has 1 aromatic carbocycles. The zero-order valence-corrected chi connectivity index (χ0v) is 10.6. The second kappa shape index (κ2) is 4.61. The van der Waals surface area contributed by atoms with Crippen LogP contribution in [0.5, 0.6) is 0 Å². The Morgan fingerprint density at radius 2 is 2.06 bits per heavy atom. The Labute approximate surface area is 105 Å². The first-order valence-electron chi connectivity index (χ1n) is 6.35. The minimum Gasteiger partial charge on any atom is -0.299 e. The van der Waals surface area contributed by atoms with Gasteiger partial charge >= 0.3 is 0 Å². The molecule has 0 bridgehead atoms. The number of hydrogen-bond acceptors (Lipinski definition) is 2. The summed E-state index contributed by atoms with van der Waals surface area (Å²) in [7, 11) is 0. The van der Waals surface area contributed by atoms with Crippen LogP contribution < -0.4 is 0 Å². The van der Waals surface area contributed by atoms with E-state index in [0.717, 1.165) is 19.3 Å². The van der Waals surface area contributed by atoms with Gasteiger partial charge in [-0.25, -0.2) is 0 Å². The fourth-order valence-electron chi connectivity index (χ4n) is 2.78. The predicted molar refractivity (Wildman–Crippen MR) is 72.7 cm³/mol. The summed E-state index contributed by atoms with van der Waals surface area (Å²) in [4.78, 5) is 12.2. The highest BCUT2D eigenvalue weighted by molar-refractivity contribution is 7.17. The molecular formula is C15H16OS. The van der Waals surface area contributed by atoms with Crippen LogP contribution in [0.2, 0.25) is 0 Å². The lowest BCUT2D eigenvalue weighted by molar-refractivity contribution is -0.120. The first kappa shape index (κ1) is 11.0. The molecule has 1 atom stereocenters. The molecular weight excluding hydrogens is 228 g/mol. The third kappa shape index (κ3) is 2.02. The molecule has 0 N–H and O–H groups in total. The van der Waals surface area contributed by atoms with Gasteiger partial charge in [-0.3, -0.25) is 4.79 Å². The van der Waals surface area contributed by atoms with Gasteiger partial charge in [0.05, 0.1) is 0 Å². The summed E-state index contributed by atoms with van der Waals surface area (Å²) in [5.74, 6) is 0.600. The maximum Gasteiger partial charge on any atom is 0.140 e. The number of hydrogen-bond donors (Lipinski definition) is 0. The normalized spacial score (nSPS) is 21.6. The highest BCUT2D eigenvalue weighted by Gasteiger charge is 2.24. The van der Waals surface area contributed by atoms with E-state index >= 15 is 0 Å². The number of ketones is 1. The number of rotatable bonds is 1. The van der Waals surface area contributed by atoms with Crippen LogP contribution in [0.1, 0.15) is 43.6 Å². The SMILES string of the molecule is O=C1CCCCCC1c1cccc2ccsc12. The van der Waals surface area contributed by atoms with E-state index in [4.69, 9.17) is 0 Å². The maximum atomic E-state index is 12.2. The van der Waals surface area contributed by atoms with Gasteiger partial charge in [-0.2, -0.15) is 0 Å². The second-order valence-electron chi connectivity index (χ2n) is 4.80. The van der Waals surface area contributed by atoms with Crippen molar-refractivity contribution in [2.75, 3.05) is 0 Å². The maximum absolute atomic E-state index is 12.2. The van der Waals surface area contributed by atoms with Crippen LogP contribution in [-0.2, 0) is 4.79 Å². The minimum absolute atomic E-state index is 0.153. The third-order valence-corrected chi connectivity index (χ3v) is 4.67. The smallest absolute Gasteiger partial charge is 0.140 e. The van der Waals surface area contributed by atoms with Gasteiger partial charge in [-0.15, -0.1) is 11.3 Å². The Morgan fingerprint density at radius 1 is 1.12 bits per heavy atom. The summed E-state index contributed by atoms with van der Waals surface area (Å²) < 4.78 is 1.31. The van der Waals surface area contributed by atoms with Gasteiger partial charge in [-0.1, -0.05) is 31.0 Å². The van der Waals surface area contributed by atoms with E-state index in [1.807, 2.05) is 0 Å². The molecule has 1 heterocycles. The van der Waals surface area contributed by atoms with E-state index in [0.29, 0.717) is 5.78 Å². The summed E-state index contributed by atoms with van der Waals surface area (Å²) in [5, 5.41) is 3.40. The van der Waals surface area contributed by atoms with E-state index in [2.05, 4.69) is 29.6 Å². The number of carbonyl (C=O) groups is 1. The van der Waals surface area contributed by atoms with Crippen LogP contribution in [0.25, 0.3) is 10.1 Å². The molecule has 1 fully saturated rings. The molecule has 0 spiro atoms. The molecule has 1 nitrogen and oxygen atoms in total. The van der Waals surface area contributed by atoms with Crippen molar-refractivity contribution in [1.82, 2.24) is 0 Å². The fraction of sp³-hybridized carbons (Fsp3) is 0.400. The highest BCUT2D eigenvalue weighted by atomic mass is 32.1. The Bertz CT molecular complexity index is 541. The van der Waals surface area contributed by atoms with Gasteiger partial charge in [0.25, 0.3) is 0 Å². The Balaban J connectivity index is 2.07. The molecule has 1 unspecified atom stereocenters. The van der Waals surface area contributed by atoms with Crippen LogP contribution in [0, 0.1) is 0 Å². The molecule has 1 aromatic heterocycles. The summed E-state index contributed by atoms with van der Waals surface area (Å²) in [6.07, 6.45) is 5.29. The van der Waals surface area contributed by atoms with Gasteiger partial charge < -0.3 is 0 Å². The van der Waals surface area contributed by atoms with Gasteiger partial charge in [0, 0.05) is 17.0 Å². The summed E-state index contributed by atoms with van der Waals surface area (Å²) in [5.41, 5.74) is 1.27. The molecule has 0 saturated heterocycles. The van der Waals surface area contributed by atoms with Crippen molar-refractivity contribution in [2.24, 2.45) is 0 Å². The quantitative estimate of drug-likeness (QED) is 0.674. The largest absolute Gasteiger partial charge is 0.299 e. The van der Waals surface area contributed by atoms with Gasteiger partial charge in [-0.05, 0) is 35.2 Å². The Kier molecular flexibility index (Phi) is 2.98. The van der Waals surface area contributed by atoms with E-state index < -0.39 is 0 Å². The van der Waals surface area contributed by atoms with Gasteiger partial charge in [0.1, 0.15) is 5.78 Å². The molecule has 17 heavy (non-hydrogen) atoms. The van der Waals surface area contributed by atoms with Gasteiger partial charge in [0.15, 0.2) is 0 Å². The zero-order valence-electron chi connectivity index (χ0n) is 9.82. The predicted octanol–water partition coefficient (Wildman–Crippen LogP) is 4.52. The molecule has 0 aliphatic heterocycles. The Morgan fingerprint density at radius 3 is 3.00 bits per heavy atom. The monoisotopic (exact) mass is 244 g/mol. The van der Waals surface area contributed by atoms with Crippen LogP contribution in [-0.4, -0.2) is 5.78 Å². The zero-order chi connectivity index (χ0) is 11.7. The average molecular weight is 244 g/mol. The van der Waals surface area contributed by atoms with Crippen LogP contribution in [0.3, 0.4) is 0 Å². The lowest BCUT2D eigenvalue weighted by Crippen LogP contribution is -2.10. The van der Waals surface area contributed by atoms with Crippen molar-refractivity contribution in [3.63, 3.8) is 0 Å². The van der Waals surface area contributed by atoms with Crippen LogP contribution in [0.4, 0.5) is 0 Å². The lowest BCUT2D eigenvalue weighted by Gasteiger charge is -2.14. The summed E-state index contributed by atoms with van der Waals surface area (Å²) in [6.45, 7) is 0. The van der Waals surface area contributed by atoms with Crippen molar-refractivity contribution in [3.05, 3.63) is 35.2 Å². The number of Topliss-reactive ketones (excluding diaryl/α,β-unsaturated/α-hetero) is 1. The molecule has 2 aromatic rings. The van der Waals surface area contributed by atoms with Crippen LogP contribution in [0.15, 0.2) is 29.6 Å². The molecule has 0 radical (unpaired) electrons. The molecule has 2 heteroatoms. The second-order valence-corrected chi connectivity index (χ2v) is 5.72. The number of benzene rings is 1. The number of fused-ring (bicyclic) bond motifs is 1. The molecule has 1 aliphatic carbocycles. The van der Waals surface area contributed by atoms with Crippen molar-refractivity contribution >= 4 is 27.2 Å². The molecule has 1 saturated carbocycles. The van der Waals surface area contributed by atoms with Crippen molar-refractivity contribution in [3.8, 4) is 0 Å².